The molecule has 0 radical (unpaired) electrons. The maximum absolute atomic E-state index is 12.8. The Hall–Kier alpha value is -4.23. The molecule has 2 unspecified atom stereocenters. The lowest BCUT2D eigenvalue weighted by Crippen LogP contribution is -2.55. The van der Waals surface area contributed by atoms with E-state index < -0.39 is 6.67 Å². The number of benzene rings is 2. The molecule has 3 aromatic rings. The molecule has 3 heterocycles. The van der Waals surface area contributed by atoms with Gasteiger partial charge >= 0.3 is 6.01 Å². The number of likely N-dealkylation sites (tertiary alicyclic amines) is 1. The van der Waals surface area contributed by atoms with Gasteiger partial charge in [0.1, 0.15) is 24.8 Å². The molecule has 44 heavy (non-hydrogen) atoms. The van der Waals surface area contributed by atoms with E-state index in [0.29, 0.717) is 44.7 Å². The molecule has 2 aromatic carbocycles. The van der Waals surface area contributed by atoms with Crippen LogP contribution in [0.1, 0.15) is 48.4 Å². The number of aromatic nitrogens is 2. The van der Waals surface area contributed by atoms with Gasteiger partial charge in [-0.05, 0) is 86.2 Å². The SMILES string of the molecule is CN1CCC[C@H]1COc1nc2c(c(N3CCN(C(=O)/C=C/CF)C(CC#N)C3)n1)CCC(c1cc(O)cc3ccccc13)C2. The maximum Gasteiger partial charge on any atom is 0.318 e. The van der Waals surface area contributed by atoms with Crippen molar-refractivity contribution in [3.8, 4) is 17.8 Å². The van der Waals surface area contributed by atoms with Crippen molar-refractivity contribution in [1.29, 1.82) is 5.26 Å². The highest BCUT2D eigenvalue weighted by Crippen LogP contribution is 2.40. The lowest BCUT2D eigenvalue weighted by atomic mass is 9.80. The first-order valence-electron chi connectivity index (χ1n) is 15.5. The highest BCUT2D eigenvalue weighted by Gasteiger charge is 2.34. The van der Waals surface area contributed by atoms with Crippen molar-refractivity contribution in [1.82, 2.24) is 19.8 Å². The average molecular weight is 599 g/mol. The Morgan fingerprint density at radius 1 is 1.18 bits per heavy atom. The quantitative estimate of drug-likeness (QED) is 0.377. The lowest BCUT2D eigenvalue weighted by Gasteiger charge is -2.42. The number of amides is 1. The number of nitrogens with zero attached hydrogens (tertiary/aromatic N) is 6. The van der Waals surface area contributed by atoms with Crippen LogP contribution >= 0.6 is 0 Å². The number of carbonyl (C=O) groups excluding carboxylic acids is 1. The van der Waals surface area contributed by atoms with Crippen LogP contribution in [0.4, 0.5) is 10.2 Å². The van der Waals surface area contributed by atoms with Crippen molar-refractivity contribution in [3.05, 3.63) is 65.4 Å². The smallest absolute Gasteiger partial charge is 0.318 e. The van der Waals surface area contributed by atoms with Gasteiger partial charge in [-0.15, -0.1) is 0 Å². The van der Waals surface area contributed by atoms with Crippen LogP contribution in [-0.4, -0.2) is 89.4 Å². The summed E-state index contributed by atoms with van der Waals surface area (Å²) in [4.78, 5) is 28.8. The predicted molar refractivity (Wildman–Crippen MR) is 167 cm³/mol. The Kier molecular flexibility index (Phi) is 8.94. The topological polar surface area (TPSA) is 106 Å². The highest BCUT2D eigenvalue weighted by atomic mass is 19.1. The summed E-state index contributed by atoms with van der Waals surface area (Å²) in [6, 6.07) is 14.4. The monoisotopic (exact) mass is 598 g/mol. The van der Waals surface area contributed by atoms with Crippen LogP contribution in [0, 0.1) is 11.3 Å². The summed E-state index contributed by atoms with van der Waals surface area (Å²) >= 11 is 0. The second kappa shape index (κ2) is 13.2. The number of hydrogen-bond acceptors (Lipinski definition) is 8. The van der Waals surface area contributed by atoms with Crippen LogP contribution in [0.5, 0.6) is 11.8 Å². The van der Waals surface area contributed by atoms with E-state index in [0.717, 1.165) is 65.6 Å². The van der Waals surface area contributed by atoms with Gasteiger partial charge in [-0.3, -0.25) is 4.79 Å². The van der Waals surface area contributed by atoms with Gasteiger partial charge < -0.3 is 24.5 Å². The molecule has 1 amide bonds. The Labute approximate surface area is 257 Å². The molecule has 2 aliphatic heterocycles. The molecule has 2 fully saturated rings. The van der Waals surface area contributed by atoms with Crippen molar-refractivity contribution in [3.63, 3.8) is 0 Å². The summed E-state index contributed by atoms with van der Waals surface area (Å²) in [5.74, 6) is 0.950. The van der Waals surface area contributed by atoms with E-state index in [-0.39, 0.29) is 30.0 Å². The first kappa shape index (κ1) is 29.8. The van der Waals surface area contributed by atoms with Gasteiger partial charge in [0.05, 0.1) is 24.2 Å². The van der Waals surface area contributed by atoms with E-state index >= 15 is 0 Å². The first-order valence-corrected chi connectivity index (χ1v) is 15.5. The van der Waals surface area contributed by atoms with Crippen LogP contribution in [0.2, 0.25) is 0 Å². The molecule has 1 aliphatic carbocycles. The number of fused-ring (bicyclic) bond motifs is 2. The number of allylic oxidation sites excluding steroid dienone is 1. The minimum absolute atomic E-state index is 0.166. The number of anilines is 1. The van der Waals surface area contributed by atoms with Crippen molar-refractivity contribution in [2.75, 3.05) is 51.4 Å². The predicted octanol–water partition coefficient (Wildman–Crippen LogP) is 4.54. The number of ether oxygens (including phenoxy) is 1. The molecule has 3 atom stereocenters. The third-order valence-corrected chi connectivity index (χ3v) is 9.37. The van der Waals surface area contributed by atoms with E-state index in [1.807, 2.05) is 24.3 Å². The third kappa shape index (κ3) is 6.20. The summed E-state index contributed by atoms with van der Waals surface area (Å²) in [5.41, 5.74) is 3.13. The molecule has 10 heteroatoms. The van der Waals surface area contributed by atoms with Gasteiger partial charge in [0.25, 0.3) is 0 Å². The zero-order valence-electron chi connectivity index (χ0n) is 25.2. The van der Waals surface area contributed by atoms with E-state index in [2.05, 4.69) is 29.0 Å². The van der Waals surface area contributed by atoms with Crippen LogP contribution in [0.3, 0.4) is 0 Å². The fourth-order valence-corrected chi connectivity index (χ4v) is 7.05. The number of rotatable bonds is 8. The normalized spacial score (nSPS) is 22.3. The highest BCUT2D eigenvalue weighted by molar-refractivity contribution is 5.88. The zero-order valence-corrected chi connectivity index (χ0v) is 25.2. The summed E-state index contributed by atoms with van der Waals surface area (Å²) in [7, 11) is 2.11. The van der Waals surface area contributed by atoms with Crippen molar-refractivity contribution in [2.24, 2.45) is 0 Å². The van der Waals surface area contributed by atoms with Crippen LogP contribution < -0.4 is 9.64 Å². The van der Waals surface area contributed by atoms with E-state index in [4.69, 9.17) is 14.7 Å². The largest absolute Gasteiger partial charge is 0.508 e. The number of aromatic hydroxyl groups is 1. The van der Waals surface area contributed by atoms with Gasteiger partial charge in [0.2, 0.25) is 5.91 Å². The molecule has 2 saturated heterocycles. The average Bonchev–Trinajstić information content (AvgIpc) is 3.45. The minimum Gasteiger partial charge on any atom is -0.508 e. The number of nitriles is 1. The van der Waals surface area contributed by atoms with Gasteiger partial charge in [-0.2, -0.15) is 15.2 Å². The molecule has 6 rings (SSSR count). The first-order chi connectivity index (χ1) is 21.4. The summed E-state index contributed by atoms with van der Waals surface area (Å²) < 4.78 is 19.0. The van der Waals surface area contributed by atoms with E-state index in [9.17, 15) is 19.6 Å². The summed E-state index contributed by atoms with van der Waals surface area (Å²) in [6.45, 7) is 2.23. The number of piperazine rings is 1. The Morgan fingerprint density at radius 3 is 2.84 bits per heavy atom. The van der Waals surface area contributed by atoms with Gasteiger partial charge in [0.15, 0.2) is 0 Å². The minimum atomic E-state index is -0.708. The van der Waals surface area contributed by atoms with Gasteiger partial charge in [-0.25, -0.2) is 4.39 Å². The van der Waals surface area contributed by atoms with Crippen molar-refractivity contribution < 1.29 is 19.0 Å². The second-order valence-corrected chi connectivity index (χ2v) is 12.1. The third-order valence-electron chi connectivity index (χ3n) is 9.37. The molecular formula is C34H39FN6O3. The number of carbonyl (C=O) groups is 1. The summed E-state index contributed by atoms with van der Waals surface area (Å²) in [5, 5.41) is 22.2. The Balaban J connectivity index is 1.32. The Morgan fingerprint density at radius 2 is 2.05 bits per heavy atom. The van der Waals surface area contributed by atoms with Crippen LogP contribution in [-0.2, 0) is 17.6 Å². The number of halogens is 1. The second-order valence-electron chi connectivity index (χ2n) is 12.1. The van der Waals surface area contributed by atoms with E-state index in [1.54, 1.807) is 11.0 Å². The molecule has 0 spiro atoms. The molecule has 0 saturated carbocycles. The van der Waals surface area contributed by atoms with Gasteiger partial charge in [-0.1, -0.05) is 24.3 Å². The van der Waals surface area contributed by atoms with Crippen molar-refractivity contribution in [2.45, 2.75) is 56.5 Å². The molecule has 230 valence electrons. The van der Waals surface area contributed by atoms with Crippen molar-refractivity contribution >= 4 is 22.5 Å². The molecule has 1 N–H and O–H groups in total. The molecule has 9 nitrogen and oxygen atoms in total. The molecule has 1 aromatic heterocycles. The molecule has 0 bridgehead atoms. The fraction of sp³-hybridized carbons (Fsp3) is 0.471. The summed E-state index contributed by atoms with van der Waals surface area (Å²) in [6.07, 6.45) is 7.16. The number of alkyl halides is 1. The van der Waals surface area contributed by atoms with E-state index in [1.165, 1.54) is 12.2 Å². The fourth-order valence-electron chi connectivity index (χ4n) is 7.05. The number of phenols is 1. The molecule has 3 aliphatic rings. The van der Waals surface area contributed by atoms with Crippen LogP contribution in [0.25, 0.3) is 10.8 Å². The van der Waals surface area contributed by atoms with Crippen LogP contribution in [0.15, 0.2) is 48.6 Å². The zero-order chi connectivity index (χ0) is 30.6. The lowest BCUT2D eigenvalue weighted by molar-refractivity contribution is -0.128. The standard InChI is InChI=1S/C34H39FN6O3/c1-39-15-5-7-26(39)22-44-34-37-31-19-24(30-20-27(42)18-23-6-2-3-8-28(23)30)10-11-29(31)33(38-34)40-16-17-41(25(21-40)12-14-36)32(43)9-4-13-35/h2-4,6,8-9,18,20,24-26,42H,5,7,10-13,15-17,19,21-22H2,1H3/b9-4+/t24?,25?,26-/m0/s1. The number of hydrogen-bond donors (Lipinski definition) is 1. The van der Waals surface area contributed by atoms with Gasteiger partial charge in [0, 0.05) is 37.3 Å². The maximum atomic E-state index is 12.8. The number of phenolic OH excluding ortho intramolecular Hbond substituents is 1. The number of likely N-dealkylation sites (N-methyl/N-ethyl adjacent to an activating group) is 1. The molecular weight excluding hydrogens is 559 g/mol. The Bertz CT molecular complexity index is 1590.